The molecule has 2 aromatic heterocycles. The summed E-state index contributed by atoms with van der Waals surface area (Å²) in [6.07, 6.45) is 1.77. The van der Waals surface area contributed by atoms with Crippen LogP contribution in [-0.2, 0) is 12.1 Å². The highest BCUT2D eigenvalue weighted by molar-refractivity contribution is 7.11. The lowest BCUT2D eigenvalue weighted by Gasteiger charge is -2.21. The maximum absolute atomic E-state index is 11.7. The zero-order chi connectivity index (χ0) is 15.5. The van der Waals surface area contributed by atoms with Crippen LogP contribution in [-0.4, -0.2) is 22.7 Å². The lowest BCUT2D eigenvalue weighted by atomic mass is 10.0. The topological polar surface area (TPSA) is 87.4 Å². The van der Waals surface area contributed by atoms with Crippen LogP contribution >= 0.6 is 11.3 Å². The van der Waals surface area contributed by atoms with Gasteiger partial charge in [-0.1, -0.05) is 0 Å². The number of thiazole rings is 1. The Morgan fingerprint density at radius 1 is 1.43 bits per heavy atom. The summed E-state index contributed by atoms with van der Waals surface area (Å²) in [5.74, 6) is 1.14. The van der Waals surface area contributed by atoms with Crippen molar-refractivity contribution >= 4 is 17.4 Å². The van der Waals surface area contributed by atoms with Crippen LogP contribution in [0.3, 0.4) is 0 Å². The second-order valence-corrected chi connectivity index (χ2v) is 6.40. The average molecular weight is 309 g/mol. The van der Waals surface area contributed by atoms with Crippen LogP contribution < -0.4 is 10.6 Å². The molecule has 2 heterocycles. The Morgan fingerprint density at radius 3 is 2.76 bits per heavy atom. The smallest absolute Gasteiger partial charge is 0.315 e. The summed E-state index contributed by atoms with van der Waals surface area (Å²) in [7, 11) is 0. The van der Waals surface area contributed by atoms with E-state index >= 15 is 0 Å². The lowest BCUT2D eigenvalue weighted by Crippen LogP contribution is -2.43. The van der Waals surface area contributed by atoms with E-state index in [9.17, 15) is 9.90 Å². The van der Waals surface area contributed by atoms with Crippen molar-refractivity contribution in [3.63, 3.8) is 0 Å². The second-order valence-electron chi connectivity index (χ2n) is 5.09. The highest BCUT2D eigenvalue weighted by Crippen LogP contribution is 2.21. The molecule has 0 saturated carbocycles. The fourth-order valence-electron chi connectivity index (χ4n) is 1.77. The van der Waals surface area contributed by atoms with Crippen molar-refractivity contribution in [2.45, 2.75) is 32.9 Å². The fraction of sp³-hybridized carbons (Fsp3) is 0.429. The number of aliphatic hydroxyl groups is 1. The monoisotopic (exact) mass is 309 g/mol. The Hall–Kier alpha value is -1.86. The standard InChI is InChI=1S/C14H19N3O3S/c1-9-4-5-11(20-9)14(3,19)8-17-13(18)16-7-12-15-6-10(2)21-12/h4-6,19H,7-8H2,1-3H3,(H2,16,17,18). The number of furan rings is 1. The van der Waals surface area contributed by atoms with Crippen molar-refractivity contribution in [3.8, 4) is 0 Å². The number of hydrogen-bond donors (Lipinski definition) is 3. The molecule has 3 N–H and O–H groups in total. The molecule has 0 fully saturated rings. The molecule has 2 aromatic rings. The Kier molecular flexibility index (Phi) is 4.64. The van der Waals surface area contributed by atoms with Crippen molar-refractivity contribution in [1.82, 2.24) is 15.6 Å². The van der Waals surface area contributed by atoms with Crippen molar-refractivity contribution < 1.29 is 14.3 Å². The van der Waals surface area contributed by atoms with Crippen LogP contribution in [0.25, 0.3) is 0 Å². The Bertz CT molecular complexity index is 619. The van der Waals surface area contributed by atoms with Gasteiger partial charge in [-0.05, 0) is 32.9 Å². The molecule has 1 unspecified atom stereocenters. The zero-order valence-electron chi connectivity index (χ0n) is 12.3. The summed E-state index contributed by atoms with van der Waals surface area (Å²) in [4.78, 5) is 17.0. The number of nitrogens with one attached hydrogen (secondary N) is 2. The van der Waals surface area contributed by atoms with Gasteiger partial charge in [0.1, 0.15) is 22.1 Å². The van der Waals surface area contributed by atoms with Gasteiger partial charge in [0.05, 0.1) is 13.1 Å². The third-order valence-corrected chi connectivity index (χ3v) is 3.85. The molecule has 0 spiro atoms. The predicted molar refractivity (Wildman–Crippen MR) is 80.1 cm³/mol. The minimum Gasteiger partial charge on any atom is -0.463 e. The molecule has 21 heavy (non-hydrogen) atoms. The molecule has 7 heteroatoms. The third kappa shape index (κ3) is 4.30. The number of carbonyl (C=O) groups excluding carboxylic acids is 1. The first-order valence-corrected chi connectivity index (χ1v) is 7.41. The zero-order valence-corrected chi connectivity index (χ0v) is 13.1. The molecule has 0 aliphatic carbocycles. The van der Waals surface area contributed by atoms with E-state index in [1.807, 2.05) is 6.92 Å². The maximum atomic E-state index is 11.7. The number of hydrogen-bond acceptors (Lipinski definition) is 5. The number of aryl methyl sites for hydroxylation is 2. The van der Waals surface area contributed by atoms with E-state index in [4.69, 9.17) is 4.42 Å². The number of urea groups is 1. The van der Waals surface area contributed by atoms with Crippen LogP contribution in [0.4, 0.5) is 4.79 Å². The van der Waals surface area contributed by atoms with Crippen molar-refractivity contribution in [2.75, 3.05) is 6.54 Å². The van der Waals surface area contributed by atoms with E-state index < -0.39 is 5.60 Å². The molecule has 0 aromatic carbocycles. The van der Waals surface area contributed by atoms with Crippen LogP contribution in [0.5, 0.6) is 0 Å². The quantitative estimate of drug-likeness (QED) is 0.789. The summed E-state index contributed by atoms with van der Waals surface area (Å²) in [5, 5.41) is 16.5. The van der Waals surface area contributed by atoms with Gasteiger partial charge in [-0.3, -0.25) is 0 Å². The third-order valence-electron chi connectivity index (χ3n) is 2.93. The van der Waals surface area contributed by atoms with Gasteiger partial charge in [0.2, 0.25) is 0 Å². The second kappa shape index (κ2) is 6.28. The average Bonchev–Trinajstić information content (AvgIpc) is 3.03. The fourth-order valence-corrected chi connectivity index (χ4v) is 2.49. The SMILES string of the molecule is Cc1ccc(C(C)(O)CNC(=O)NCc2ncc(C)s2)o1. The number of rotatable bonds is 5. The highest BCUT2D eigenvalue weighted by atomic mass is 32.1. The maximum Gasteiger partial charge on any atom is 0.315 e. The minimum absolute atomic E-state index is 0.0582. The Labute approximate surface area is 127 Å². The molecule has 0 aliphatic rings. The van der Waals surface area contributed by atoms with Gasteiger partial charge in [-0.2, -0.15) is 0 Å². The molecular formula is C14H19N3O3S. The molecule has 0 saturated heterocycles. The molecular weight excluding hydrogens is 290 g/mol. The summed E-state index contributed by atoms with van der Waals surface area (Å²) < 4.78 is 5.38. The molecule has 0 bridgehead atoms. The van der Waals surface area contributed by atoms with Gasteiger partial charge in [-0.15, -0.1) is 11.3 Å². The van der Waals surface area contributed by atoms with Crippen molar-refractivity contribution in [2.24, 2.45) is 0 Å². The van der Waals surface area contributed by atoms with Crippen LogP contribution in [0.2, 0.25) is 0 Å². The van der Waals surface area contributed by atoms with E-state index in [1.54, 1.807) is 32.2 Å². The van der Waals surface area contributed by atoms with Crippen LogP contribution in [0, 0.1) is 13.8 Å². The minimum atomic E-state index is -1.25. The molecule has 114 valence electrons. The largest absolute Gasteiger partial charge is 0.463 e. The van der Waals surface area contributed by atoms with Gasteiger partial charge in [0.15, 0.2) is 0 Å². The first-order chi connectivity index (χ1) is 9.87. The molecule has 0 aliphatic heterocycles. The molecule has 2 amide bonds. The van der Waals surface area contributed by atoms with E-state index in [0.29, 0.717) is 18.1 Å². The van der Waals surface area contributed by atoms with E-state index in [0.717, 1.165) is 9.88 Å². The number of carbonyl (C=O) groups is 1. The van der Waals surface area contributed by atoms with E-state index in [2.05, 4.69) is 15.6 Å². The van der Waals surface area contributed by atoms with Gasteiger partial charge in [0, 0.05) is 11.1 Å². The first kappa shape index (κ1) is 15.5. The van der Waals surface area contributed by atoms with E-state index in [-0.39, 0.29) is 12.6 Å². The summed E-state index contributed by atoms with van der Waals surface area (Å²) in [6, 6.07) is 3.12. The normalized spacial score (nSPS) is 13.7. The highest BCUT2D eigenvalue weighted by Gasteiger charge is 2.27. The predicted octanol–water partition coefficient (Wildman–Crippen LogP) is 2.06. The van der Waals surface area contributed by atoms with Crippen molar-refractivity contribution in [1.29, 1.82) is 0 Å². The number of aromatic nitrogens is 1. The first-order valence-electron chi connectivity index (χ1n) is 6.59. The van der Waals surface area contributed by atoms with Gasteiger partial charge in [-0.25, -0.2) is 9.78 Å². The summed E-state index contributed by atoms with van der Waals surface area (Å²) in [5.41, 5.74) is -1.25. The van der Waals surface area contributed by atoms with E-state index in [1.165, 1.54) is 11.3 Å². The Morgan fingerprint density at radius 2 is 2.19 bits per heavy atom. The van der Waals surface area contributed by atoms with Crippen LogP contribution in [0.15, 0.2) is 22.7 Å². The summed E-state index contributed by atoms with van der Waals surface area (Å²) >= 11 is 1.53. The van der Waals surface area contributed by atoms with Crippen LogP contribution in [0.1, 0.15) is 28.3 Å². The molecule has 6 nitrogen and oxygen atoms in total. The van der Waals surface area contributed by atoms with Gasteiger partial charge >= 0.3 is 6.03 Å². The summed E-state index contributed by atoms with van der Waals surface area (Å²) in [6.45, 7) is 5.78. The lowest BCUT2D eigenvalue weighted by molar-refractivity contribution is 0.0360. The molecule has 2 rings (SSSR count). The van der Waals surface area contributed by atoms with Gasteiger partial charge in [0.25, 0.3) is 0 Å². The van der Waals surface area contributed by atoms with Gasteiger partial charge < -0.3 is 20.2 Å². The number of nitrogens with zero attached hydrogens (tertiary/aromatic N) is 1. The number of amides is 2. The van der Waals surface area contributed by atoms with Crippen molar-refractivity contribution in [3.05, 3.63) is 39.7 Å². The molecule has 1 atom stereocenters. The molecule has 0 radical (unpaired) electrons. The Balaban J connectivity index is 1.80.